The second kappa shape index (κ2) is 6.70. The van der Waals surface area contributed by atoms with Gasteiger partial charge in [-0.3, -0.25) is 0 Å². The first-order chi connectivity index (χ1) is 9.69. The first kappa shape index (κ1) is 14.0. The van der Waals surface area contributed by atoms with Crippen molar-refractivity contribution in [2.75, 3.05) is 17.2 Å². The second-order valence-electron chi connectivity index (χ2n) is 3.96. The molecule has 0 bridgehead atoms. The smallest absolute Gasteiger partial charge is 0.387 e. The highest BCUT2D eigenvalue weighted by atomic mass is 19.3. The molecule has 0 atom stereocenters. The molecule has 106 valence electrons. The number of anilines is 3. The lowest BCUT2D eigenvalue weighted by Crippen LogP contribution is -2.04. The van der Waals surface area contributed by atoms with Gasteiger partial charge in [0.25, 0.3) is 0 Å². The highest BCUT2D eigenvalue weighted by Crippen LogP contribution is 2.29. The third kappa shape index (κ3) is 3.81. The number of hydrogen-bond acceptors (Lipinski definition) is 4. The molecule has 2 rings (SSSR count). The van der Waals surface area contributed by atoms with Crippen molar-refractivity contribution >= 4 is 17.2 Å². The van der Waals surface area contributed by atoms with Crippen molar-refractivity contribution < 1.29 is 13.5 Å². The Labute approximate surface area is 115 Å². The van der Waals surface area contributed by atoms with Crippen molar-refractivity contribution in [1.29, 1.82) is 0 Å². The average molecular weight is 279 g/mol. The number of hydrogen-bond donors (Lipinski definition) is 2. The Bertz CT molecular complexity index is 564. The van der Waals surface area contributed by atoms with Crippen molar-refractivity contribution in [1.82, 2.24) is 4.98 Å². The zero-order chi connectivity index (χ0) is 14.4. The second-order valence-corrected chi connectivity index (χ2v) is 3.96. The van der Waals surface area contributed by atoms with E-state index in [9.17, 15) is 8.78 Å². The van der Waals surface area contributed by atoms with Gasteiger partial charge in [0, 0.05) is 24.5 Å². The fourth-order valence-electron chi connectivity index (χ4n) is 1.71. The van der Waals surface area contributed by atoms with E-state index in [1.54, 1.807) is 36.5 Å². The van der Waals surface area contributed by atoms with Crippen LogP contribution in [0.25, 0.3) is 0 Å². The number of alkyl halides is 2. The minimum Gasteiger partial charge on any atom is -0.433 e. The van der Waals surface area contributed by atoms with Crippen LogP contribution >= 0.6 is 0 Å². The molecule has 1 aromatic heterocycles. The minimum atomic E-state index is -2.85. The normalized spacial score (nSPS) is 10.4. The number of pyridine rings is 1. The minimum absolute atomic E-state index is 0.101. The van der Waals surface area contributed by atoms with Crippen molar-refractivity contribution in [2.24, 2.45) is 0 Å². The Kier molecular flexibility index (Phi) is 4.70. The molecule has 2 N–H and O–H groups in total. The molecule has 2 aromatic rings. The third-order valence-corrected chi connectivity index (χ3v) is 2.50. The standard InChI is InChI=1S/C14H15F2N3O/c1-2-17-13-9-10(7-8-18-13)19-11-5-3-4-6-12(11)20-14(15)16/h3-9,14H,2H2,1H3,(H2,17,18,19). The van der Waals surface area contributed by atoms with Crippen LogP contribution in [0.4, 0.5) is 26.0 Å². The van der Waals surface area contributed by atoms with Gasteiger partial charge in [-0.25, -0.2) is 4.98 Å². The lowest BCUT2D eigenvalue weighted by molar-refractivity contribution is -0.0493. The molecule has 0 unspecified atom stereocenters. The summed E-state index contributed by atoms with van der Waals surface area (Å²) in [6, 6.07) is 10.1. The summed E-state index contributed by atoms with van der Waals surface area (Å²) in [5.74, 6) is 0.814. The molecule has 6 heteroatoms. The number of halogens is 2. The van der Waals surface area contributed by atoms with E-state index in [0.717, 1.165) is 12.2 Å². The summed E-state index contributed by atoms with van der Waals surface area (Å²) in [7, 11) is 0. The van der Waals surface area contributed by atoms with Crippen molar-refractivity contribution in [3.05, 3.63) is 42.6 Å². The zero-order valence-electron chi connectivity index (χ0n) is 10.9. The topological polar surface area (TPSA) is 46.2 Å². The maximum atomic E-state index is 12.3. The van der Waals surface area contributed by atoms with Gasteiger partial charge in [-0.2, -0.15) is 8.78 Å². The summed E-state index contributed by atoms with van der Waals surface area (Å²) in [6.45, 7) is -0.137. The number of ether oxygens (including phenoxy) is 1. The number of nitrogens with one attached hydrogen (secondary N) is 2. The average Bonchev–Trinajstić information content (AvgIpc) is 2.41. The molecule has 0 aliphatic heterocycles. The fourth-order valence-corrected chi connectivity index (χ4v) is 1.71. The molecule has 0 aliphatic carbocycles. The van der Waals surface area contributed by atoms with Gasteiger partial charge in [-0.1, -0.05) is 12.1 Å². The number of para-hydroxylation sites is 2. The molecule has 0 spiro atoms. The summed E-state index contributed by atoms with van der Waals surface area (Å²) >= 11 is 0. The van der Waals surface area contributed by atoms with Gasteiger partial charge >= 0.3 is 6.61 Å². The van der Waals surface area contributed by atoms with Crippen LogP contribution in [-0.4, -0.2) is 18.1 Å². The van der Waals surface area contributed by atoms with Gasteiger partial charge in [0.05, 0.1) is 5.69 Å². The molecule has 0 fully saturated rings. The summed E-state index contributed by atoms with van der Waals surface area (Å²) < 4.78 is 29.1. The van der Waals surface area contributed by atoms with Crippen LogP contribution < -0.4 is 15.4 Å². The number of rotatable bonds is 6. The first-order valence-corrected chi connectivity index (χ1v) is 6.20. The van der Waals surface area contributed by atoms with E-state index in [4.69, 9.17) is 0 Å². The van der Waals surface area contributed by atoms with Crippen molar-refractivity contribution in [3.8, 4) is 5.75 Å². The summed E-state index contributed by atoms with van der Waals surface area (Å²) in [4.78, 5) is 4.14. The van der Waals surface area contributed by atoms with Gasteiger partial charge in [0.2, 0.25) is 0 Å². The number of nitrogens with zero attached hydrogens (tertiary/aromatic N) is 1. The summed E-state index contributed by atoms with van der Waals surface area (Å²) in [5, 5.41) is 6.12. The van der Waals surface area contributed by atoms with E-state index in [1.165, 1.54) is 6.07 Å². The molecule has 1 aromatic carbocycles. The highest BCUT2D eigenvalue weighted by Gasteiger charge is 2.09. The van der Waals surface area contributed by atoms with Gasteiger partial charge in [0.1, 0.15) is 11.6 Å². The van der Waals surface area contributed by atoms with Gasteiger partial charge in [0.15, 0.2) is 0 Å². The molecule has 20 heavy (non-hydrogen) atoms. The quantitative estimate of drug-likeness (QED) is 0.843. The van der Waals surface area contributed by atoms with Gasteiger partial charge < -0.3 is 15.4 Å². The summed E-state index contributed by atoms with van der Waals surface area (Å²) in [5.41, 5.74) is 1.21. The van der Waals surface area contributed by atoms with Gasteiger partial charge in [-0.05, 0) is 25.1 Å². The van der Waals surface area contributed by atoms with E-state index < -0.39 is 6.61 Å². The van der Waals surface area contributed by atoms with Crippen LogP contribution in [0.15, 0.2) is 42.6 Å². The predicted molar refractivity (Wildman–Crippen MR) is 74.8 cm³/mol. The highest BCUT2D eigenvalue weighted by molar-refractivity contribution is 5.67. The summed E-state index contributed by atoms with van der Waals surface area (Å²) in [6.07, 6.45) is 1.64. The predicted octanol–water partition coefficient (Wildman–Crippen LogP) is 3.86. The van der Waals surface area contributed by atoms with Crippen LogP contribution in [-0.2, 0) is 0 Å². The molecule has 4 nitrogen and oxygen atoms in total. The van der Waals surface area contributed by atoms with E-state index in [0.29, 0.717) is 11.5 Å². The molecule has 0 saturated carbocycles. The molecular formula is C14H15F2N3O. The molecule has 0 saturated heterocycles. The Hall–Kier alpha value is -2.37. The van der Waals surface area contributed by atoms with E-state index in [-0.39, 0.29) is 5.75 Å². The molecule has 0 radical (unpaired) electrons. The SMILES string of the molecule is CCNc1cc(Nc2ccccc2OC(F)F)ccn1. The Balaban J connectivity index is 2.19. The first-order valence-electron chi connectivity index (χ1n) is 6.20. The maximum Gasteiger partial charge on any atom is 0.387 e. The largest absolute Gasteiger partial charge is 0.433 e. The fraction of sp³-hybridized carbons (Fsp3) is 0.214. The monoisotopic (exact) mass is 279 g/mol. The van der Waals surface area contributed by atoms with E-state index in [2.05, 4.69) is 20.4 Å². The van der Waals surface area contributed by atoms with Crippen LogP contribution in [0.2, 0.25) is 0 Å². The zero-order valence-corrected chi connectivity index (χ0v) is 10.9. The van der Waals surface area contributed by atoms with Crippen LogP contribution in [0.3, 0.4) is 0 Å². The maximum absolute atomic E-state index is 12.3. The van der Waals surface area contributed by atoms with E-state index >= 15 is 0 Å². The lowest BCUT2D eigenvalue weighted by atomic mass is 10.2. The van der Waals surface area contributed by atoms with Crippen molar-refractivity contribution in [3.63, 3.8) is 0 Å². The third-order valence-electron chi connectivity index (χ3n) is 2.50. The van der Waals surface area contributed by atoms with Crippen LogP contribution in [0, 0.1) is 0 Å². The van der Waals surface area contributed by atoms with Crippen LogP contribution in [0.1, 0.15) is 6.92 Å². The Morgan fingerprint density at radius 2 is 2.05 bits per heavy atom. The Morgan fingerprint density at radius 3 is 2.80 bits per heavy atom. The number of benzene rings is 1. The number of aromatic nitrogens is 1. The molecular weight excluding hydrogens is 264 g/mol. The molecule has 1 heterocycles. The lowest BCUT2D eigenvalue weighted by Gasteiger charge is -2.13. The van der Waals surface area contributed by atoms with Crippen LogP contribution in [0.5, 0.6) is 5.75 Å². The molecule has 0 amide bonds. The van der Waals surface area contributed by atoms with E-state index in [1.807, 2.05) is 6.92 Å². The molecule has 0 aliphatic rings. The Morgan fingerprint density at radius 1 is 1.25 bits per heavy atom. The van der Waals surface area contributed by atoms with Crippen molar-refractivity contribution in [2.45, 2.75) is 13.5 Å². The van der Waals surface area contributed by atoms with Gasteiger partial charge in [-0.15, -0.1) is 0 Å².